The van der Waals surface area contributed by atoms with Crippen molar-refractivity contribution in [1.82, 2.24) is 5.32 Å². The summed E-state index contributed by atoms with van der Waals surface area (Å²) in [5.74, 6) is -2.76. The van der Waals surface area contributed by atoms with Crippen LogP contribution in [-0.4, -0.2) is 11.9 Å². The lowest BCUT2D eigenvalue weighted by Gasteiger charge is -2.09. The van der Waals surface area contributed by atoms with Crippen LogP contribution in [0, 0.1) is 29.9 Å². The number of rotatable bonds is 2. The standard InChI is InChI=1S/C11H10F2N2O/c1-6-3-4-8(12)9(10(6)13)11(16)15-7(2)5-14/h3-4,7H,1-2H3,(H,15,16). The van der Waals surface area contributed by atoms with Crippen molar-refractivity contribution in [3.05, 3.63) is 34.9 Å². The van der Waals surface area contributed by atoms with Crippen LogP contribution in [0.1, 0.15) is 22.8 Å². The molecule has 0 aromatic heterocycles. The highest BCUT2D eigenvalue weighted by Gasteiger charge is 2.20. The predicted octanol–water partition coefficient (Wildman–Crippen LogP) is 1.92. The molecule has 1 aromatic rings. The molecule has 0 aliphatic heterocycles. The number of hydrogen-bond donors (Lipinski definition) is 1. The maximum absolute atomic E-state index is 13.5. The molecule has 0 aliphatic rings. The summed E-state index contributed by atoms with van der Waals surface area (Å²) in [6, 6.07) is 3.21. The molecule has 0 radical (unpaired) electrons. The Morgan fingerprint density at radius 2 is 2.12 bits per heavy atom. The zero-order valence-corrected chi connectivity index (χ0v) is 8.84. The third-order valence-electron chi connectivity index (χ3n) is 2.05. The first kappa shape index (κ1) is 12.1. The van der Waals surface area contributed by atoms with E-state index in [2.05, 4.69) is 5.32 Å². The van der Waals surface area contributed by atoms with Gasteiger partial charge in [0.2, 0.25) is 0 Å². The molecule has 0 saturated carbocycles. The lowest BCUT2D eigenvalue weighted by Crippen LogP contribution is -2.32. The number of nitriles is 1. The van der Waals surface area contributed by atoms with E-state index < -0.39 is 29.1 Å². The maximum atomic E-state index is 13.5. The molecule has 0 aliphatic carbocycles. The molecule has 1 aromatic carbocycles. The molecule has 0 heterocycles. The van der Waals surface area contributed by atoms with Gasteiger partial charge in [-0.25, -0.2) is 8.78 Å². The number of hydrogen-bond acceptors (Lipinski definition) is 2. The van der Waals surface area contributed by atoms with Crippen molar-refractivity contribution in [3.63, 3.8) is 0 Å². The Hall–Kier alpha value is -1.96. The van der Waals surface area contributed by atoms with Gasteiger partial charge >= 0.3 is 0 Å². The van der Waals surface area contributed by atoms with Gasteiger partial charge in [-0.2, -0.15) is 5.26 Å². The molecule has 1 rings (SSSR count). The zero-order valence-electron chi connectivity index (χ0n) is 8.84. The molecule has 0 fully saturated rings. The molecule has 0 bridgehead atoms. The molecular formula is C11H10F2N2O. The smallest absolute Gasteiger partial charge is 0.258 e. The van der Waals surface area contributed by atoms with Crippen LogP contribution in [0.3, 0.4) is 0 Å². The second-order valence-electron chi connectivity index (χ2n) is 3.38. The minimum Gasteiger partial charge on any atom is -0.336 e. The number of benzene rings is 1. The summed E-state index contributed by atoms with van der Waals surface area (Å²) in [6.45, 7) is 2.85. The Morgan fingerprint density at radius 3 is 2.69 bits per heavy atom. The van der Waals surface area contributed by atoms with Crippen molar-refractivity contribution in [2.45, 2.75) is 19.9 Å². The van der Waals surface area contributed by atoms with Crippen LogP contribution in [0.2, 0.25) is 0 Å². The maximum Gasteiger partial charge on any atom is 0.258 e. The molecule has 84 valence electrons. The molecule has 16 heavy (non-hydrogen) atoms. The molecule has 5 heteroatoms. The van der Waals surface area contributed by atoms with Crippen molar-refractivity contribution < 1.29 is 13.6 Å². The van der Waals surface area contributed by atoms with E-state index in [1.807, 2.05) is 0 Å². The van der Waals surface area contributed by atoms with Crippen LogP contribution in [0.15, 0.2) is 12.1 Å². The topological polar surface area (TPSA) is 52.9 Å². The minimum atomic E-state index is -0.939. The summed E-state index contributed by atoms with van der Waals surface area (Å²) in [7, 11) is 0. The predicted molar refractivity (Wildman–Crippen MR) is 53.6 cm³/mol. The second-order valence-corrected chi connectivity index (χ2v) is 3.38. The van der Waals surface area contributed by atoms with Crippen LogP contribution >= 0.6 is 0 Å². The van der Waals surface area contributed by atoms with E-state index >= 15 is 0 Å². The first-order valence-electron chi connectivity index (χ1n) is 4.62. The summed E-state index contributed by atoms with van der Waals surface area (Å²) >= 11 is 0. The van der Waals surface area contributed by atoms with Crippen molar-refractivity contribution in [2.75, 3.05) is 0 Å². The highest BCUT2D eigenvalue weighted by atomic mass is 19.1. The molecule has 1 atom stereocenters. The van der Waals surface area contributed by atoms with E-state index in [0.29, 0.717) is 0 Å². The van der Waals surface area contributed by atoms with Crippen LogP contribution in [0.5, 0.6) is 0 Å². The fourth-order valence-corrected chi connectivity index (χ4v) is 1.17. The zero-order chi connectivity index (χ0) is 12.3. The average molecular weight is 224 g/mol. The van der Waals surface area contributed by atoms with Gasteiger partial charge in [-0.1, -0.05) is 6.07 Å². The number of carbonyl (C=O) groups excluding carboxylic acids is 1. The average Bonchev–Trinajstić information content (AvgIpc) is 2.24. The summed E-state index contributed by atoms with van der Waals surface area (Å²) in [6.07, 6.45) is 0. The second kappa shape index (κ2) is 4.71. The van der Waals surface area contributed by atoms with E-state index in [-0.39, 0.29) is 5.56 Å². The quantitative estimate of drug-likeness (QED) is 0.834. The SMILES string of the molecule is Cc1ccc(F)c(C(=O)NC(C)C#N)c1F. The van der Waals surface area contributed by atoms with Crippen molar-refractivity contribution in [3.8, 4) is 6.07 Å². The van der Waals surface area contributed by atoms with Gasteiger partial charge in [0.05, 0.1) is 6.07 Å². The number of aryl methyl sites for hydroxylation is 1. The van der Waals surface area contributed by atoms with E-state index in [9.17, 15) is 13.6 Å². The highest BCUT2D eigenvalue weighted by molar-refractivity contribution is 5.95. The Kier molecular flexibility index (Phi) is 3.56. The lowest BCUT2D eigenvalue weighted by atomic mass is 10.1. The molecule has 0 saturated heterocycles. The molecule has 3 nitrogen and oxygen atoms in total. The van der Waals surface area contributed by atoms with Crippen LogP contribution < -0.4 is 5.32 Å². The van der Waals surface area contributed by atoms with E-state index in [1.165, 1.54) is 19.9 Å². The van der Waals surface area contributed by atoms with E-state index in [1.54, 1.807) is 6.07 Å². The van der Waals surface area contributed by atoms with Crippen LogP contribution in [-0.2, 0) is 0 Å². The van der Waals surface area contributed by atoms with Crippen LogP contribution in [0.25, 0.3) is 0 Å². The van der Waals surface area contributed by atoms with Gasteiger partial charge in [-0.3, -0.25) is 4.79 Å². The van der Waals surface area contributed by atoms with E-state index in [0.717, 1.165) is 6.07 Å². The molecule has 1 N–H and O–H groups in total. The fourth-order valence-electron chi connectivity index (χ4n) is 1.17. The Bertz CT molecular complexity index is 466. The summed E-state index contributed by atoms with van der Waals surface area (Å²) in [5.41, 5.74) is -0.474. The summed E-state index contributed by atoms with van der Waals surface area (Å²) < 4.78 is 26.7. The van der Waals surface area contributed by atoms with E-state index in [4.69, 9.17) is 5.26 Å². The Balaban J connectivity index is 3.09. The molecular weight excluding hydrogens is 214 g/mol. The minimum absolute atomic E-state index is 0.177. The van der Waals surface area contributed by atoms with Gasteiger partial charge in [0.25, 0.3) is 5.91 Å². The van der Waals surface area contributed by atoms with Crippen LogP contribution in [0.4, 0.5) is 8.78 Å². The van der Waals surface area contributed by atoms with Gasteiger partial charge in [0.1, 0.15) is 23.2 Å². The van der Waals surface area contributed by atoms with Gasteiger partial charge in [0.15, 0.2) is 0 Å². The number of carbonyl (C=O) groups is 1. The Labute approximate surface area is 91.7 Å². The number of amides is 1. The normalized spacial score (nSPS) is 11.7. The van der Waals surface area contributed by atoms with Crippen molar-refractivity contribution in [2.24, 2.45) is 0 Å². The number of nitrogens with zero attached hydrogens (tertiary/aromatic N) is 1. The van der Waals surface area contributed by atoms with Gasteiger partial charge in [-0.05, 0) is 25.5 Å². The summed E-state index contributed by atoms with van der Waals surface area (Å²) in [5, 5.41) is 10.6. The van der Waals surface area contributed by atoms with Crippen molar-refractivity contribution in [1.29, 1.82) is 5.26 Å². The first-order chi connectivity index (χ1) is 7.47. The number of nitrogens with one attached hydrogen (secondary N) is 1. The van der Waals surface area contributed by atoms with Crippen molar-refractivity contribution >= 4 is 5.91 Å². The number of halogens is 2. The van der Waals surface area contributed by atoms with Gasteiger partial charge < -0.3 is 5.32 Å². The monoisotopic (exact) mass is 224 g/mol. The third-order valence-corrected chi connectivity index (χ3v) is 2.05. The largest absolute Gasteiger partial charge is 0.336 e. The molecule has 0 spiro atoms. The summed E-state index contributed by atoms with van der Waals surface area (Å²) in [4.78, 5) is 11.5. The molecule has 1 unspecified atom stereocenters. The van der Waals surface area contributed by atoms with Gasteiger partial charge in [-0.15, -0.1) is 0 Å². The molecule has 1 amide bonds. The van der Waals surface area contributed by atoms with Gasteiger partial charge in [0, 0.05) is 0 Å². The first-order valence-corrected chi connectivity index (χ1v) is 4.62. The fraction of sp³-hybridized carbons (Fsp3) is 0.273. The third kappa shape index (κ3) is 2.34. The Morgan fingerprint density at radius 1 is 1.50 bits per heavy atom. The highest BCUT2D eigenvalue weighted by Crippen LogP contribution is 2.16. The lowest BCUT2D eigenvalue weighted by molar-refractivity contribution is 0.0939.